The van der Waals surface area contributed by atoms with Crippen molar-refractivity contribution in [2.75, 3.05) is 20.2 Å². The van der Waals surface area contributed by atoms with Crippen LogP contribution in [0, 0.1) is 11.8 Å². The molecule has 0 spiro atoms. The van der Waals surface area contributed by atoms with Crippen molar-refractivity contribution in [3.05, 3.63) is 35.6 Å². The molecule has 3 aliphatic rings. The Labute approximate surface area is 104 Å². The van der Waals surface area contributed by atoms with E-state index in [-0.39, 0.29) is 0 Å². The average Bonchev–Trinajstić information content (AvgIpc) is 2.34. The van der Waals surface area contributed by atoms with Crippen LogP contribution in [0.5, 0.6) is 0 Å². The fraction of sp³-hybridized carbons (Fsp3) is 0.600. The van der Waals surface area contributed by atoms with Crippen LogP contribution in [0.25, 0.3) is 0 Å². The Morgan fingerprint density at radius 1 is 1.41 bits per heavy atom. The summed E-state index contributed by atoms with van der Waals surface area (Å²) >= 11 is 0. The first-order valence-corrected chi connectivity index (χ1v) is 6.72. The lowest BCUT2D eigenvalue weighted by Gasteiger charge is -2.41. The summed E-state index contributed by atoms with van der Waals surface area (Å²) in [7, 11) is 2.21. The van der Waals surface area contributed by atoms with E-state index in [4.69, 9.17) is 4.74 Å². The van der Waals surface area contributed by atoms with Gasteiger partial charge in [-0.25, -0.2) is 0 Å². The van der Waals surface area contributed by atoms with E-state index in [1.54, 1.807) is 5.57 Å². The van der Waals surface area contributed by atoms with Gasteiger partial charge in [-0.15, -0.1) is 0 Å². The molecular formula is C15H22NO+. The van der Waals surface area contributed by atoms with Gasteiger partial charge in [0.05, 0.1) is 26.0 Å². The smallest absolute Gasteiger partial charge is 0.106 e. The third kappa shape index (κ3) is 2.12. The van der Waals surface area contributed by atoms with Gasteiger partial charge in [0, 0.05) is 11.5 Å². The predicted molar refractivity (Wildman–Crippen MR) is 68.7 cm³/mol. The van der Waals surface area contributed by atoms with Crippen LogP contribution in [-0.2, 0) is 4.74 Å². The number of nitrogens with one attached hydrogen (secondary N) is 1. The van der Waals surface area contributed by atoms with Crippen molar-refractivity contribution in [3.8, 4) is 0 Å². The molecule has 0 amide bonds. The van der Waals surface area contributed by atoms with E-state index in [9.17, 15) is 0 Å². The Hall–Kier alpha value is -0.860. The van der Waals surface area contributed by atoms with E-state index in [0.717, 1.165) is 19.1 Å². The summed E-state index contributed by atoms with van der Waals surface area (Å²) in [5.41, 5.74) is 3.02. The normalized spacial score (nSPS) is 40.8. The zero-order chi connectivity index (χ0) is 11.8. The van der Waals surface area contributed by atoms with Gasteiger partial charge in [-0.3, -0.25) is 0 Å². The van der Waals surface area contributed by atoms with Crippen LogP contribution in [0.1, 0.15) is 19.8 Å². The van der Waals surface area contributed by atoms with Gasteiger partial charge in [0.1, 0.15) is 6.54 Å². The molecule has 2 aliphatic heterocycles. The molecule has 1 fully saturated rings. The Bertz CT molecular complexity index is 394. The molecule has 2 nitrogen and oxygen atoms in total. The summed E-state index contributed by atoms with van der Waals surface area (Å²) in [6.07, 6.45) is 12.0. The number of rotatable bonds is 1. The zero-order valence-corrected chi connectivity index (χ0v) is 10.8. The van der Waals surface area contributed by atoms with E-state index >= 15 is 0 Å². The minimum atomic E-state index is 0.336. The minimum Gasteiger partial charge on any atom is -0.373 e. The van der Waals surface area contributed by atoms with Gasteiger partial charge < -0.3 is 9.64 Å². The third-order valence-corrected chi connectivity index (χ3v) is 4.36. The number of allylic oxidation sites excluding steroid dienone is 3. The molecule has 0 aromatic carbocycles. The molecule has 0 radical (unpaired) electrons. The summed E-state index contributed by atoms with van der Waals surface area (Å²) in [6, 6.07) is 0. The van der Waals surface area contributed by atoms with Gasteiger partial charge in [0.2, 0.25) is 0 Å². The summed E-state index contributed by atoms with van der Waals surface area (Å²) in [4.78, 5) is 1.45. The van der Waals surface area contributed by atoms with Crippen molar-refractivity contribution in [1.82, 2.24) is 0 Å². The van der Waals surface area contributed by atoms with Crippen LogP contribution in [0.2, 0.25) is 0 Å². The SMILES string of the molecule is CC1=CC[C@H]2COC(C3=CC=C[NH+](C)C3)[C@@H]1C2. The third-order valence-electron chi connectivity index (χ3n) is 4.36. The van der Waals surface area contributed by atoms with Gasteiger partial charge in [0.15, 0.2) is 0 Å². The number of hydrogen-bond donors (Lipinski definition) is 1. The van der Waals surface area contributed by atoms with Crippen molar-refractivity contribution in [2.45, 2.75) is 25.9 Å². The fourth-order valence-corrected chi connectivity index (χ4v) is 3.34. The number of fused-ring (bicyclic) bond motifs is 2. The standard InChI is InChI=1S/C15H21NO/c1-11-5-6-12-8-14(11)15(17-10-12)13-4-3-7-16(2)9-13/h3-5,7,12,14-15H,6,8-10H2,1-2H3/p+1/t12-,14-,15?/m1/s1. The van der Waals surface area contributed by atoms with Crippen LogP contribution >= 0.6 is 0 Å². The van der Waals surface area contributed by atoms with Crippen LogP contribution in [-0.4, -0.2) is 26.3 Å². The van der Waals surface area contributed by atoms with E-state index < -0.39 is 0 Å². The Morgan fingerprint density at radius 2 is 2.29 bits per heavy atom. The molecule has 0 aromatic rings. The molecule has 17 heavy (non-hydrogen) atoms. The molecule has 1 saturated heterocycles. The van der Waals surface area contributed by atoms with Crippen molar-refractivity contribution in [2.24, 2.45) is 11.8 Å². The van der Waals surface area contributed by atoms with Crippen molar-refractivity contribution in [3.63, 3.8) is 0 Å². The highest BCUT2D eigenvalue weighted by atomic mass is 16.5. The summed E-state index contributed by atoms with van der Waals surface area (Å²) in [5, 5.41) is 0. The second kappa shape index (κ2) is 4.43. The quantitative estimate of drug-likeness (QED) is 0.673. The lowest BCUT2D eigenvalue weighted by Crippen LogP contribution is -3.05. The van der Waals surface area contributed by atoms with E-state index in [0.29, 0.717) is 12.0 Å². The van der Waals surface area contributed by atoms with E-state index in [2.05, 4.69) is 38.4 Å². The Kier molecular flexibility index (Phi) is 2.93. The van der Waals surface area contributed by atoms with E-state index in [1.807, 2.05) is 0 Å². The maximum absolute atomic E-state index is 6.15. The lowest BCUT2D eigenvalue weighted by molar-refractivity contribution is -0.820. The van der Waals surface area contributed by atoms with Crippen LogP contribution < -0.4 is 4.90 Å². The van der Waals surface area contributed by atoms with Crippen LogP contribution in [0.15, 0.2) is 35.6 Å². The molecule has 1 aliphatic carbocycles. The lowest BCUT2D eigenvalue weighted by atomic mass is 9.75. The number of likely N-dealkylation sites (N-methyl/N-ethyl adjacent to an activating group) is 1. The Balaban J connectivity index is 1.83. The molecule has 2 heterocycles. The molecule has 4 atom stereocenters. The first kappa shape index (κ1) is 11.2. The molecule has 2 unspecified atom stereocenters. The second-order valence-electron chi connectivity index (χ2n) is 5.77. The van der Waals surface area contributed by atoms with Crippen molar-refractivity contribution < 1.29 is 9.64 Å². The molecule has 2 bridgehead atoms. The van der Waals surface area contributed by atoms with Crippen LogP contribution in [0.4, 0.5) is 0 Å². The second-order valence-corrected chi connectivity index (χ2v) is 5.77. The molecule has 92 valence electrons. The van der Waals surface area contributed by atoms with Crippen molar-refractivity contribution in [1.29, 1.82) is 0 Å². The summed E-state index contributed by atoms with van der Waals surface area (Å²) < 4.78 is 6.15. The van der Waals surface area contributed by atoms with Gasteiger partial charge in [-0.05, 0) is 37.8 Å². The number of quaternary nitrogens is 1. The Morgan fingerprint density at radius 3 is 3.12 bits per heavy atom. The minimum absolute atomic E-state index is 0.336. The van der Waals surface area contributed by atoms with Gasteiger partial charge in [-0.1, -0.05) is 11.6 Å². The highest BCUT2D eigenvalue weighted by Crippen LogP contribution is 2.39. The molecule has 2 heteroatoms. The zero-order valence-electron chi connectivity index (χ0n) is 10.8. The molecule has 0 aromatic heterocycles. The summed E-state index contributed by atoms with van der Waals surface area (Å²) in [5.74, 6) is 1.40. The largest absolute Gasteiger partial charge is 0.373 e. The van der Waals surface area contributed by atoms with Gasteiger partial charge in [0.25, 0.3) is 0 Å². The van der Waals surface area contributed by atoms with Crippen molar-refractivity contribution >= 4 is 0 Å². The highest BCUT2D eigenvalue weighted by Gasteiger charge is 2.37. The fourth-order valence-electron chi connectivity index (χ4n) is 3.34. The maximum atomic E-state index is 6.15. The first-order valence-electron chi connectivity index (χ1n) is 6.72. The van der Waals surface area contributed by atoms with Crippen LogP contribution in [0.3, 0.4) is 0 Å². The van der Waals surface area contributed by atoms with Gasteiger partial charge in [-0.2, -0.15) is 0 Å². The molecule has 3 rings (SSSR count). The number of hydrogen-bond acceptors (Lipinski definition) is 1. The summed E-state index contributed by atoms with van der Waals surface area (Å²) in [6.45, 7) is 4.32. The monoisotopic (exact) mass is 232 g/mol. The topological polar surface area (TPSA) is 13.7 Å². The molecule has 0 saturated carbocycles. The first-order chi connectivity index (χ1) is 8.24. The van der Waals surface area contributed by atoms with Gasteiger partial charge >= 0.3 is 0 Å². The average molecular weight is 232 g/mol. The predicted octanol–water partition coefficient (Wildman–Crippen LogP) is 1.33. The highest BCUT2D eigenvalue weighted by molar-refractivity contribution is 5.25. The van der Waals surface area contributed by atoms with E-state index in [1.165, 1.54) is 23.3 Å². The maximum Gasteiger partial charge on any atom is 0.106 e. The number of ether oxygens (including phenoxy) is 1. The molecular weight excluding hydrogens is 210 g/mol. The molecule has 1 N–H and O–H groups in total.